The molecule has 1 N–H and O–H groups in total. The van der Waals surface area contributed by atoms with Gasteiger partial charge in [0.15, 0.2) is 5.78 Å². The lowest BCUT2D eigenvalue weighted by Crippen LogP contribution is -2.40. The molecule has 0 heterocycles. The molecule has 0 saturated carbocycles. The fourth-order valence-corrected chi connectivity index (χ4v) is 4.48. The molecule has 0 aromatic heterocycles. The minimum absolute atomic E-state index is 0.0729. The van der Waals surface area contributed by atoms with Crippen LogP contribution < -0.4 is 5.32 Å². The van der Waals surface area contributed by atoms with Gasteiger partial charge < -0.3 is 0 Å². The molecule has 6 heteroatoms. The number of Topliss-reactive ketones (excluding diaryl/α,β-unsaturated/α-hetero) is 1. The van der Waals surface area contributed by atoms with E-state index in [1.807, 2.05) is 38.1 Å². The monoisotopic (exact) mass is 435 g/mol. The summed E-state index contributed by atoms with van der Waals surface area (Å²) in [7, 11) is 0. The molecule has 0 bridgehead atoms. The van der Waals surface area contributed by atoms with E-state index < -0.39 is 17.1 Å². The number of halogens is 3. The van der Waals surface area contributed by atoms with Gasteiger partial charge in [-0.3, -0.25) is 10.1 Å². The second-order valence-electron chi connectivity index (χ2n) is 7.24. The van der Waals surface area contributed by atoms with Gasteiger partial charge in [-0.2, -0.15) is 13.2 Å². The molecule has 0 radical (unpaired) electrons. The number of benzene rings is 2. The first-order valence-electron chi connectivity index (χ1n) is 10.1. The molecule has 2 aromatic carbocycles. The van der Waals surface area contributed by atoms with E-state index in [2.05, 4.69) is 18.8 Å². The first-order chi connectivity index (χ1) is 14.2. The van der Waals surface area contributed by atoms with Crippen LogP contribution in [-0.2, 0) is 17.4 Å². The van der Waals surface area contributed by atoms with Crippen molar-refractivity contribution in [3.8, 4) is 0 Å². The van der Waals surface area contributed by atoms with Crippen LogP contribution in [-0.4, -0.2) is 17.2 Å². The fraction of sp³-hybridized carbons (Fsp3) is 0.375. The van der Waals surface area contributed by atoms with E-state index in [-0.39, 0.29) is 23.0 Å². The van der Waals surface area contributed by atoms with Crippen LogP contribution in [0.25, 0.3) is 5.57 Å². The lowest BCUT2D eigenvalue weighted by Gasteiger charge is -2.24. The van der Waals surface area contributed by atoms with Crippen molar-refractivity contribution in [3.05, 3.63) is 71.8 Å². The lowest BCUT2D eigenvalue weighted by atomic mass is 10.0. The average molecular weight is 436 g/mol. The summed E-state index contributed by atoms with van der Waals surface area (Å²) in [5.74, 6) is -0.312. The summed E-state index contributed by atoms with van der Waals surface area (Å²) in [6.45, 7) is 9.95. The summed E-state index contributed by atoms with van der Waals surface area (Å²) in [6, 6.07) is 12.7. The van der Waals surface area contributed by atoms with Gasteiger partial charge in [0.05, 0.1) is 5.56 Å². The minimum Gasteiger partial charge on any atom is -0.296 e. The van der Waals surface area contributed by atoms with Crippen LogP contribution in [0.5, 0.6) is 0 Å². The standard InChI is InChI=1S/C24H28F3NOS/c1-5-10-16(3)28-23(30-21-14-8-7-11-18(21)6-2)22(29)17(4)19-12-9-13-20(15-19)24(25,26)27/h7-9,11-16,23,28H,4-6,10H2,1-3H3. The third-order valence-corrected chi connectivity index (χ3v) is 6.07. The van der Waals surface area contributed by atoms with Crippen molar-refractivity contribution in [1.82, 2.24) is 5.32 Å². The maximum Gasteiger partial charge on any atom is 0.416 e. The number of hydrogen-bond donors (Lipinski definition) is 1. The highest BCUT2D eigenvalue weighted by atomic mass is 32.2. The second kappa shape index (κ2) is 10.8. The topological polar surface area (TPSA) is 29.1 Å². The Labute approximate surface area is 181 Å². The molecule has 30 heavy (non-hydrogen) atoms. The first kappa shape index (κ1) is 24.2. The molecule has 2 rings (SSSR count). The molecule has 0 aliphatic carbocycles. The van der Waals surface area contributed by atoms with Crippen LogP contribution in [0.4, 0.5) is 13.2 Å². The van der Waals surface area contributed by atoms with Crippen LogP contribution in [0.1, 0.15) is 50.3 Å². The van der Waals surface area contributed by atoms with E-state index in [1.165, 1.54) is 23.9 Å². The normalized spacial score (nSPS) is 13.7. The van der Waals surface area contributed by atoms with Gasteiger partial charge >= 0.3 is 6.18 Å². The maximum absolute atomic E-state index is 13.3. The molecule has 0 aliphatic rings. The maximum atomic E-state index is 13.3. The van der Waals surface area contributed by atoms with Gasteiger partial charge in [0.2, 0.25) is 0 Å². The zero-order chi connectivity index (χ0) is 22.3. The predicted molar refractivity (Wildman–Crippen MR) is 118 cm³/mol. The molecule has 2 aromatic rings. The minimum atomic E-state index is -4.47. The zero-order valence-corrected chi connectivity index (χ0v) is 18.4. The Morgan fingerprint density at radius 2 is 1.83 bits per heavy atom. The number of carbonyl (C=O) groups excluding carboxylic acids is 1. The molecule has 0 saturated heterocycles. The average Bonchev–Trinajstić information content (AvgIpc) is 2.72. The largest absolute Gasteiger partial charge is 0.416 e. The number of carbonyl (C=O) groups is 1. The number of nitrogens with one attached hydrogen (secondary N) is 1. The van der Waals surface area contributed by atoms with Crippen molar-refractivity contribution in [2.75, 3.05) is 0 Å². The first-order valence-corrected chi connectivity index (χ1v) is 11.0. The molecule has 162 valence electrons. The molecule has 2 atom stereocenters. The van der Waals surface area contributed by atoms with Crippen LogP contribution >= 0.6 is 11.8 Å². The Morgan fingerprint density at radius 3 is 2.47 bits per heavy atom. The molecule has 0 fully saturated rings. The Morgan fingerprint density at radius 1 is 1.13 bits per heavy atom. The Hall–Kier alpha value is -2.05. The van der Waals surface area contributed by atoms with E-state index in [9.17, 15) is 18.0 Å². The molecular formula is C24H28F3NOS. The van der Waals surface area contributed by atoms with Gasteiger partial charge in [0, 0.05) is 16.5 Å². The van der Waals surface area contributed by atoms with Crippen molar-refractivity contribution in [2.45, 2.75) is 62.5 Å². The number of rotatable bonds is 10. The Balaban J connectivity index is 2.32. The summed E-state index contributed by atoms with van der Waals surface area (Å²) in [5, 5.41) is 2.71. The van der Waals surface area contributed by atoms with Gasteiger partial charge in [0.1, 0.15) is 5.37 Å². The number of thioether (sulfide) groups is 1. The number of hydrogen-bond acceptors (Lipinski definition) is 3. The second-order valence-corrected chi connectivity index (χ2v) is 8.38. The van der Waals surface area contributed by atoms with Gasteiger partial charge in [-0.05, 0) is 49.1 Å². The van der Waals surface area contributed by atoms with E-state index in [1.54, 1.807) is 0 Å². The smallest absolute Gasteiger partial charge is 0.296 e. The summed E-state index contributed by atoms with van der Waals surface area (Å²) in [6.07, 6.45) is -1.81. The van der Waals surface area contributed by atoms with E-state index in [0.29, 0.717) is 0 Å². The zero-order valence-electron chi connectivity index (χ0n) is 17.6. The van der Waals surface area contributed by atoms with E-state index in [4.69, 9.17) is 0 Å². The Kier molecular flexibility index (Phi) is 8.74. The van der Waals surface area contributed by atoms with Crippen molar-refractivity contribution in [2.24, 2.45) is 0 Å². The van der Waals surface area contributed by atoms with Crippen molar-refractivity contribution in [1.29, 1.82) is 0 Å². The molecular weight excluding hydrogens is 407 g/mol. The third-order valence-electron chi connectivity index (χ3n) is 4.83. The number of alkyl halides is 3. The van der Waals surface area contributed by atoms with Gasteiger partial charge in [-0.1, -0.05) is 68.9 Å². The van der Waals surface area contributed by atoms with Crippen LogP contribution in [0, 0.1) is 0 Å². The summed E-state index contributed by atoms with van der Waals surface area (Å²) >= 11 is 1.39. The van der Waals surface area contributed by atoms with Crippen molar-refractivity contribution in [3.63, 3.8) is 0 Å². The molecule has 0 spiro atoms. The quantitative estimate of drug-likeness (QED) is 0.254. The molecule has 0 amide bonds. The molecule has 0 aliphatic heterocycles. The van der Waals surface area contributed by atoms with E-state index >= 15 is 0 Å². The lowest BCUT2D eigenvalue weighted by molar-refractivity contribution is -0.137. The molecule has 2 unspecified atom stereocenters. The highest BCUT2D eigenvalue weighted by molar-refractivity contribution is 8.00. The third kappa shape index (κ3) is 6.47. The predicted octanol–water partition coefficient (Wildman–Crippen LogP) is 6.75. The van der Waals surface area contributed by atoms with E-state index in [0.717, 1.165) is 41.9 Å². The summed E-state index contributed by atoms with van der Waals surface area (Å²) in [5.41, 5.74) is 0.592. The van der Waals surface area contributed by atoms with Crippen LogP contribution in [0.3, 0.4) is 0 Å². The highest BCUT2D eigenvalue weighted by Gasteiger charge is 2.31. The fourth-order valence-electron chi connectivity index (χ4n) is 3.16. The van der Waals surface area contributed by atoms with Crippen LogP contribution in [0.15, 0.2) is 60.0 Å². The van der Waals surface area contributed by atoms with Crippen LogP contribution in [0.2, 0.25) is 0 Å². The van der Waals surface area contributed by atoms with Crippen molar-refractivity contribution < 1.29 is 18.0 Å². The van der Waals surface area contributed by atoms with Crippen molar-refractivity contribution >= 4 is 23.1 Å². The SMILES string of the molecule is C=C(C(=O)C(NC(C)CCC)Sc1ccccc1CC)c1cccc(C(F)(F)F)c1. The summed E-state index contributed by atoms with van der Waals surface area (Å²) in [4.78, 5) is 14.3. The van der Waals surface area contributed by atoms with Gasteiger partial charge in [-0.25, -0.2) is 0 Å². The number of ketones is 1. The van der Waals surface area contributed by atoms with Gasteiger partial charge in [0.25, 0.3) is 0 Å². The van der Waals surface area contributed by atoms with Gasteiger partial charge in [-0.15, -0.1) is 0 Å². The summed E-state index contributed by atoms with van der Waals surface area (Å²) < 4.78 is 39.3. The highest BCUT2D eigenvalue weighted by Crippen LogP contribution is 2.33. The number of aryl methyl sites for hydroxylation is 1. The molecule has 2 nitrogen and oxygen atoms in total. The Bertz CT molecular complexity index is 879.